The Labute approximate surface area is 95.0 Å². The van der Waals surface area contributed by atoms with E-state index < -0.39 is 0 Å². The number of rotatable bonds is 2. The fraction of sp³-hybridized carbons (Fsp3) is 0.636. The Bertz CT molecular complexity index is 331. The van der Waals surface area contributed by atoms with E-state index in [1.807, 2.05) is 7.05 Å². The van der Waals surface area contributed by atoms with Crippen LogP contribution in [0.1, 0.15) is 12.8 Å². The van der Waals surface area contributed by atoms with Crippen molar-refractivity contribution in [1.82, 2.24) is 14.5 Å². The molecule has 0 aromatic carbocycles. The number of aromatic nitrogens is 2. The molecule has 5 nitrogen and oxygen atoms in total. The smallest absolute Gasteiger partial charge is 0.329 e. The highest BCUT2D eigenvalue weighted by atomic mass is 16.5. The number of carbonyl (C=O) groups is 1. The lowest BCUT2D eigenvalue weighted by atomic mass is 10.0. The molecule has 1 atom stereocenters. The number of amides is 1. The Morgan fingerprint density at radius 1 is 1.69 bits per heavy atom. The molecule has 1 unspecified atom stereocenters. The Kier molecular flexibility index (Phi) is 3.56. The van der Waals surface area contributed by atoms with E-state index in [-0.39, 0.29) is 6.03 Å². The highest BCUT2D eigenvalue weighted by molar-refractivity contribution is 5.76. The molecular weight excluding hydrogens is 206 g/mol. The Morgan fingerprint density at radius 2 is 2.56 bits per heavy atom. The zero-order chi connectivity index (χ0) is 11.4. The van der Waals surface area contributed by atoms with Crippen LogP contribution in [0.2, 0.25) is 0 Å². The minimum Gasteiger partial charge on any atom is -0.381 e. The fourth-order valence-electron chi connectivity index (χ4n) is 1.99. The van der Waals surface area contributed by atoms with Gasteiger partial charge in [0.15, 0.2) is 0 Å². The molecule has 0 radical (unpaired) electrons. The second-order valence-electron chi connectivity index (χ2n) is 4.22. The van der Waals surface area contributed by atoms with Gasteiger partial charge in [-0.15, -0.1) is 0 Å². The summed E-state index contributed by atoms with van der Waals surface area (Å²) in [6, 6.07) is -0.0388. The van der Waals surface area contributed by atoms with E-state index in [1.54, 1.807) is 17.3 Å². The third kappa shape index (κ3) is 2.61. The molecule has 5 heteroatoms. The van der Waals surface area contributed by atoms with Crippen molar-refractivity contribution in [2.24, 2.45) is 5.92 Å². The van der Waals surface area contributed by atoms with Crippen LogP contribution in [0.5, 0.6) is 0 Å². The zero-order valence-corrected chi connectivity index (χ0v) is 9.50. The topological polar surface area (TPSA) is 47.4 Å². The Hall–Kier alpha value is -1.36. The van der Waals surface area contributed by atoms with Gasteiger partial charge in [0.1, 0.15) is 6.33 Å². The number of hydrogen-bond donors (Lipinski definition) is 0. The van der Waals surface area contributed by atoms with Crippen molar-refractivity contribution in [3.05, 3.63) is 18.7 Å². The van der Waals surface area contributed by atoms with Crippen LogP contribution >= 0.6 is 0 Å². The van der Waals surface area contributed by atoms with Crippen LogP contribution in [0.3, 0.4) is 0 Å². The van der Waals surface area contributed by atoms with Crippen molar-refractivity contribution in [3.63, 3.8) is 0 Å². The minimum absolute atomic E-state index is 0.0388. The maximum absolute atomic E-state index is 11.9. The van der Waals surface area contributed by atoms with E-state index in [1.165, 1.54) is 10.9 Å². The highest BCUT2D eigenvalue weighted by Crippen LogP contribution is 2.14. The molecule has 1 aromatic rings. The molecule has 0 bridgehead atoms. The highest BCUT2D eigenvalue weighted by Gasteiger charge is 2.19. The molecule has 0 N–H and O–H groups in total. The number of nitrogens with zero attached hydrogens (tertiary/aromatic N) is 3. The lowest BCUT2D eigenvalue weighted by Crippen LogP contribution is -2.37. The van der Waals surface area contributed by atoms with Crippen LogP contribution in [0.4, 0.5) is 4.79 Å². The van der Waals surface area contributed by atoms with Crippen LogP contribution in [0, 0.1) is 5.92 Å². The molecule has 1 fully saturated rings. The zero-order valence-electron chi connectivity index (χ0n) is 9.50. The molecule has 1 aromatic heterocycles. The average Bonchev–Trinajstić information content (AvgIpc) is 2.83. The maximum atomic E-state index is 11.9. The van der Waals surface area contributed by atoms with Gasteiger partial charge in [0.05, 0.1) is 6.61 Å². The van der Waals surface area contributed by atoms with Crippen molar-refractivity contribution >= 4 is 6.03 Å². The summed E-state index contributed by atoms with van der Waals surface area (Å²) in [6.07, 6.45) is 7.03. The molecule has 1 amide bonds. The number of carbonyl (C=O) groups excluding carboxylic acids is 1. The van der Waals surface area contributed by atoms with Gasteiger partial charge < -0.3 is 9.64 Å². The number of imidazole rings is 1. The van der Waals surface area contributed by atoms with Crippen LogP contribution in [-0.2, 0) is 4.74 Å². The number of hydrogen-bond acceptors (Lipinski definition) is 3. The van der Waals surface area contributed by atoms with Crippen molar-refractivity contribution in [1.29, 1.82) is 0 Å². The van der Waals surface area contributed by atoms with E-state index in [2.05, 4.69) is 4.98 Å². The van der Waals surface area contributed by atoms with Gasteiger partial charge in [-0.2, -0.15) is 0 Å². The third-order valence-electron chi connectivity index (χ3n) is 2.84. The van der Waals surface area contributed by atoms with Crippen molar-refractivity contribution in [2.45, 2.75) is 12.8 Å². The maximum Gasteiger partial charge on any atom is 0.329 e. The van der Waals surface area contributed by atoms with Crippen LogP contribution in [-0.4, -0.2) is 47.3 Å². The average molecular weight is 223 g/mol. The number of ether oxygens (including phenoxy) is 1. The lowest BCUT2D eigenvalue weighted by Gasteiger charge is -2.27. The van der Waals surface area contributed by atoms with Crippen molar-refractivity contribution in [3.8, 4) is 0 Å². The van der Waals surface area contributed by atoms with Gasteiger partial charge in [-0.05, 0) is 12.8 Å². The molecule has 16 heavy (non-hydrogen) atoms. The molecule has 0 saturated carbocycles. The summed E-state index contributed by atoms with van der Waals surface area (Å²) in [5.74, 6) is 0.464. The first-order chi connectivity index (χ1) is 7.77. The summed E-state index contributed by atoms with van der Waals surface area (Å²) in [4.78, 5) is 17.5. The summed E-state index contributed by atoms with van der Waals surface area (Å²) < 4.78 is 6.89. The molecule has 0 spiro atoms. The molecular formula is C11H17N3O2. The summed E-state index contributed by atoms with van der Waals surface area (Å²) in [5, 5.41) is 0. The van der Waals surface area contributed by atoms with Gasteiger partial charge in [0, 0.05) is 38.5 Å². The van der Waals surface area contributed by atoms with E-state index in [0.717, 1.165) is 32.6 Å². The van der Waals surface area contributed by atoms with E-state index in [4.69, 9.17) is 4.74 Å². The van der Waals surface area contributed by atoms with Gasteiger partial charge in [-0.25, -0.2) is 9.78 Å². The molecule has 1 saturated heterocycles. The summed E-state index contributed by atoms with van der Waals surface area (Å²) in [6.45, 7) is 2.37. The van der Waals surface area contributed by atoms with Gasteiger partial charge in [-0.3, -0.25) is 4.57 Å². The molecule has 1 aliphatic heterocycles. The van der Waals surface area contributed by atoms with Gasteiger partial charge in [-0.1, -0.05) is 0 Å². The monoisotopic (exact) mass is 223 g/mol. The molecule has 1 aliphatic rings. The predicted octanol–water partition coefficient (Wildman–Crippen LogP) is 1.21. The first-order valence-electron chi connectivity index (χ1n) is 5.58. The molecule has 2 rings (SSSR count). The van der Waals surface area contributed by atoms with Gasteiger partial charge in [0.25, 0.3) is 0 Å². The molecule has 0 aliphatic carbocycles. The summed E-state index contributed by atoms with van der Waals surface area (Å²) >= 11 is 0. The van der Waals surface area contributed by atoms with E-state index >= 15 is 0 Å². The van der Waals surface area contributed by atoms with Gasteiger partial charge in [0.2, 0.25) is 0 Å². The summed E-state index contributed by atoms with van der Waals surface area (Å²) in [7, 11) is 1.82. The largest absolute Gasteiger partial charge is 0.381 e. The van der Waals surface area contributed by atoms with E-state index in [9.17, 15) is 4.79 Å². The van der Waals surface area contributed by atoms with Crippen molar-refractivity contribution < 1.29 is 9.53 Å². The fourth-order valence-corrected chi connectivity index (χ4v) is 1.99. The Balaban J connectivity index is 1.87. The SMILES string of the molecule is CN(CC1CCCOC1)C(=O)n1ccnc1. The first-order valence-corrected chi connectivity index (χ1v) is 5.58. The van der Waals surface area contributed by atoms with Gasteiger partial charge >= 0.3 is 6.03 Å². The minimum atomic E-state index is -0.0388. The normalized spacial score (nSPS) is 20.7. The first kappa shape index (κ1) is 11.1. The van der Waals surface area contributed by atoms with E-state index in [0.29, 0.717) is 5.92 Å². The standard InChI is InChI=1S/C11H17N3O2/c1-13(7-10-3-2-6-16-8-10)11(15)14-5-4-12-9-14/h4-5,9-10H,2-3,6-8H2,1H3. The molecule has 2 heterocycles. The van der Waals surface area contributed by atoms with Crippen LogP contribution in [0.25, 0.3) is 0 Å². The molecule has 88 valence electrons. The predicted molar refractivity (Wildman–Crippen MR) is 59.2 cm³/mol. The Morgan fingerprint density at radius 3 is 3.19 bits per heavy atom. The lowest BCUT2D eigenvalue weighted by molar-refractivity contribution is 0.0458. The third-order valence-corrected chi connectivity index (χ3v) is 2.84. The second kappa shape index (κ2) is 5.12. The van der Waals surface area contributed by atoms with Crippen LogP contribution in [0.15, 0.2) is 18.7 Å². The van der Waals surface area contributed by atoms with Crippen molar-refractivity contribution in [2.75, 3.05) is 26.8 Å². The second-order valence-corrected chi connectivity index (χ2v) is 4.22. The van der Waals surface area contributed by atoms with Crippen LogP contribution < -0.4 is 0 Å². The quantitative estimate of drug-likeness (QED) is 0.757. The summed E-state index contributed by atoms with van der Waals surface area (Å²) in [5.41, 5.74) is 0.